The van der Waals surface area contributed by atoms with Crippen molar-refractivity contribution in [3.05, 3.63) is 35.6 Å². The fourth-order valence-electron chi connectivity index (χ4n) is 3.46. The predicted molar refractivity (Wildman–Crippen MR) is 109 cm³/mol. The van der Waals surface area contributed by atoms with Gasteiger partial charge >= 0.3 is 0 Å². The van der Waals surface area contributed by atoms with Crippen LogP contribution in [0.1, 0.15) is 18.4 Å². The molecule has 2 fully saturated rings. The zero-order valence-electron chi connectivity index (χ0n) is 14.7. The molecule has 0 saturated carbocycles. The van der Waals surface area contributed by atoms with Crippen LogP contribution >= 0.6 is 24.0 Å². The number of aliphatic imine (C=N–C) groups is 1. The molecule has 3 rings (SSSR count). The summed E-state index contributed by atoms with van der Waals surface area (Å²) in [5.41, 5.74) is 0.980. The molecule has 2 atom stereocenters. The Kier molecular flexibility index (Phi) is 8.38. The van der Waals surface area contributed by atoms with E-state index in [1.54, 1.807) is 19.2 Å². The number of ether oxygens (including phenoxy) is 1. The second-order valence-electron chi connectivity index (χ2n) is 6.51. The van der Waals surface area contributed by atoms with E-state index >= 15 is 0 Å². The molecule has 0 bridgehead atoms. The Bertz CT molecular complexity index is 572. The number of benzene rings is 1. The van der Waals surface area contributed by atoms with Crippen molar-refractivity contribution in [2.24, 2.45) is 4.99 Å². The van der Waals surface area contributed by atoms with Crippen molar-refractivity contribution < 1.29 is 9.13 Å². The van der Waals surface area contributed by atoms with Crippen LogP contribution < -0.4 is 10.6 Å². The SMILES string of the molecule is CN=C(NCCc1cccc(F)c1)NCC1CN2CCCC2CO1.I. The number of hydrogen-bond donors (Lipinski definition) is 2. The number of hydrogen-bond acceptors (Lipinski definition) is 3. The Hall–Kier alpha value is -0.930. The summed E-state index contributed by atoms with van der Waals surface area (Å²) >= 11 is 0. The third-order valence-electron chi connectivity index (χ3n) is 4.78. The van der Waals surface area contributed by atoms with Crippen molar-refractivity contribution in [3.63, 3.8) is 0 Å². The van der Waals surface area contributed by atoms with Gasteiger partial charge in [-0.1, -0.05) is 12.1 Å². The topological polar surface area (TPSA) is 48.9 Å². The lowest BCUT2D eigenvalue weighted by atomic mass is 10.1. The van der Waals surface area contributed by atoms with Gasteiger partial charge in [0, 0.05) is 32.7 Å². The highest BCUT2D eigenvalue weighted by Gasteiger charge is 2.32. The molecule has 1 aromatic rings. The summed E-state index contributed by atoms with van der Waals surface area (Å²) in [7, 11) is 1.76. The van der Waals surface area contributed by atoms with Crippen LogP contribution in [0.25, 0.3) is 0 Å². The van der Waals surface area contributed by atoms with Crippen molar-refractivity contribution in [1.82, 2.24) is 15.5 Å². The molecule has 0 aliphatic carbocycles. The summed E-state index contributed by atoms with van der Waals surface area (Å²) < 4.78 is 19.1. The molecule has 2 saturated heterocycles. The number of fused-ring (bicyclic) bond motifs is 1. The second kappa shape index (κ2) is 10.3. The molecular weight excluding hydrogens is 434 g/mol. The van der Waals surface area contributed by atoms with Crippen LogP contribution in [0.4, 0.5) is 4.39 Å². The maximum Gasteiger partial charge on any atom is 0.191 e. The Labute approximate surface area is 166 Å². The van der Waals surface area contributed by atoms with Gasteiger partial charge < -0.3 is 15.4 Å². The fraction of sp³-hybridized carbons (Fsp3) is 0.611. The van der Waals surface area contributed by atoms with Crippen LogP contribution in [0.2, 0.25) is 0 Å². The molecule has 0 radical (unpaired) electrons. The Balaban J connectivity index is 0.00000225. The summed E-state index contributed by atoms with van der Waals surface area (Å²) in [6.45, 7) is 4.51. The van der Waals surface area contributed by atoms with E-state index in [1.807, 2.05) is 6.07 Å². The van der Waals surface area contributed by atoms with Crippen LogP contribution in [-0.4, -0.2) is 62.8 Å². The average Bonchev–Trinajstić information content (AvgIpc) is 3.05. The number of guanidine groups is 1. The molecule has 2 N–H and O–H groups in total. The lowest BCUT2D eigenvalue weighted by Crippen LogP contribution is -2.51. The van der Waals surface area contributed by atoms with E-state index in [1.165, 1.54) is 25.5 Å². The van der Waals surface area contributed by atoms with Crippen LogP contribution in [0.15, 0.2) is 29.3 Å². The van der Waals surface area contributed by atoms with Crippen molar-refractivity contribution in [1.29, 1.82) is 0 Å². The number of nitrogens with one attached hydrogen (secondary N) is 2. The number of rotatable bonds is 5. The third kappa shape index (κ3) is 6.07. The van der Waals surface area contributed by atoms with Gasteiger partial charge in [-0.05, 0) is 43.5 Å². The monoisotopic (exact) mass is 462 g/mol. The van der Waals surface area contributed by atoms with Gasteiger partial charge in [0.05, 0.1) is 12.7 Å². The predicted octanol–water partition coefficient (Wildman–Crippen LogP) is 2.01. The summed E-state index contributed by atoms with van der Waals surface area (Å²) in [4.78, 5) is 6.78. The Morgan fingerprint density at radius 3 is 3.08 bits per heavy atom. The molecule has 2 aliphatic heterocycles. The molecule has 0 spiro atoms. The van der Waals surface area contributed by atoms with E-state index < -0.39 is 0 Å². The van der Waals surface area contributed by atoms with Gasteiger partial charge in [0.15, 0.2) is 5.96 Å². The van der Waals surface area contributed by atoms with Gasteiger partial charge in [-0.15, -0.1) is 24.0 Å². The first-order chi connectivity index (χ1) is 11.7. The quantitative estimate of drug-likeness (QED) is 0.400. The van der Waals surface area contributed by atoms with Crippen LogP contribution in [0.3, 0.4) is 0 Å². The van der Waals surface area contributed by atoms with Crippen LogP contribution in [0, 0.1) is 5.82 Å². The van der Waals surface area contributed by atoms with Gasteiger partial charge in [-0.2, -0.15) is 0 Å². The zero-order chi connectivity index (χ0) is 16.8. The minimum Gasteiger partial charge on any atom is -0.373 e. The van der Waals surface area contributed by atoms with E-state index in [4.69, 9.17) is 4.74 Å². The molecule has 0 aromatic heterocycles. The zero-order valence-corrected chi connectivity index (χ0v) is 17.0. The Morgan fingerprint density at radius 1 is 1.40 bits per heavy atom. The molecule has 7 heteroatoms. The maximum atomic E-state index is 13.2. The molecule has 2 unspecified atom stereocenters. The molecule has 5 nitrogen and oxygen atoms in total. The van der Waals surface area contributed by atoms with Gasteiger partial charge in [-0.3, -0.25) is 9.89 Å². The van der Waals surface area contributed by atoms with Crippen molar-refractivity contribution in [3.8, 4) is 0 Å². The first-order valence-electron chi connectivity index (χ1n) is 8.79. The molecule has 0 amide bonds. The second-order valence-corrected chi connectivity index (χ2v) is 6.51. The van der Waals surface area contributed by atoms with E-state index in [-0.39, 0.29) is 35.9 Å². The number of halogens is 2. The summed E-state index contributed by atoms with van der Waals surface area (Å²) in [5.74, 6) is 0.572. The summed E-state index contributed by atoms with van der Waals surface area (Å²) in [5, 5.41) is 6.60. The van der Waals surface area contributed by atoms with Crippen LogP contribution in [-0.2, 0) is 11.2 Å². The van der Waals surface area contributed by atoms with Gasteiger partial charge in [0.1, 0.15) is 5.82 Å². The molecule has 140 valence electrons. The standard InChI is InChI=1S/C18H27FN4O.HI/c1-20-18(21-8-7-14-4-2-5-15(19)10-14)22-11-17-12-23-9-3-6-16(23)13-24-17;/h2,4-5,10,16-17H,3,6-9,11-13H2,1H3,(H2,20,21,22);1H. The van der Waals surface area contributed by atoms with Gasteiger partial charge in [-0.25, -0.2) is 4.39 Å². The van der Waals surface area contributed by atoms with Crippen molar-refractivity contribution in [2.75, 3.05) is 39.8 Å². The number of morpholine rings is 1. The highest BCUT2D eigenvalue weighted by atomic mass is 127. The van der Waals surface area contributed by atoms with Crippen molar-refractivity contribution >= 4 is 29.9 Å². The minimum absolute atomic E-state index is 0. The van der Waals surface area contributed by atoms with E-state index in [2.05, 4.69) is 20.5 Å². The fourth-order valence-corrected chi connectivity index (χ4v) is 3.46. The van der Waals surface area contributed by atoms with Crippen LogP contribution in [0.5, 0.6) is 0 Å². The Morgan fingerprint density at radius 2 is 2.28 bits per heavy atom. The van der Waals surface area contributed by atoms with Crippen molar-refractivity contribution in [2.45, 2.75) is 31.4 Å². The smallest absolute Gasteiger partial charge is 0.191 e. The normalized spacial score (nSPS) is 23.7. The third-order valence-corrected chi connectivity index (χ3v) is 4.78. The average molecular weight is 462 g/mol. The van der Waals surface area contributed by atoms with E-state index in [9.17, 15) is 4.39 Å². The molecular formula is C18H28FIN4O. The highest BCUT2D eigenvalue weighted by molar-refractivity contribution is 14.0. The van der Waals surface area contributed by atoms with Gasteiger partial charge in [0.25, 0.3) is 0 Å². The van der Waals surface area contributed by atoms with E-state index in [0.29, 0.717) is 12.6 Å². The molecule has 1 aromatic carbocycles. The number of nitrogens with zero attached hydrogens (tertiary/aromatic N) is 2. The first kappa shape index (κ1) is 20.4. The highest BCUT2D eigenvalue weighted by Crippen LogP contribution is 2.22. The maximum absolute atomic E-state index is 13.2. The largest absolute Gasteiger partial charge is 0.373 e. The first-order valence-corrected chi connectivity index (χ1v) is 8.79. The minimum atomic E-state index is -0.190. The lowest BCUT2D eigenvalue weighted by Gasteiger charge is -2.35. The van der Waals surface area contributed by atoms with Gasteiger partial charge in [0.2, 0.25) is 0 Å². The molecule has 2 heterocycles. The summed E-state index contributed by atoms with van der Waals surface area (Å²) in [6.07, 6.45) is 3.52. The lowest BCUT2D eigenvalue weighted by molar-refractivity contribution is -0.0453. The summed E-state index contributed by atoms with van der Waals surface area (Å²) in [6, 6.07) is 7.34. The molecule has 25 heavy (non-hydrogen) atoms. The molecule has 2 aliphatic rings. The van der Waals surface area contributed by atoms with E-state index in [0.717, 1.165) is 37.6 Å².